The summed E-state index contributed by atoms with van der Waals surface area (Å²) >= 11 is 0. The summed E-state index contributed by atoms with van der Waals surface area (Å²) in [5, 5.41) is 21.3. The standard InChI is InChI=1S/C13H12N2O4/c16-11(17)7-10(13(18)19)15-9-5-1-3-8-4-2-6-14-12(8)9/h1-6,10,15H,7H2,(H,16,17)(H,18,19)/t10-/m0/s1. The summed E-state index contributed by atoms with van der Waals surface area (Å²) in [6.07, 6.45) is 1.10. The maximum absolute atomic E-state index is 11.0. The predicted octanol–water partition coefficient (Wildman–Crippen LogP) is 1.57. The molecule has 6 nitrogen and oxygen atoms in total. The van der Waals surface area contributed by atoms with Gasteiger partial charge in [-0.3, -0.25) is 9.78 Å². The number of aromatic nitrogens is 1. The van der Waals surface area contributed by atoms with Crippen LogP contribution in [0.3, 0.4) is 0 Å². The predicted molar refractivity (Wildman–Crippen MR) is 69.0 cm³/mol. The van der Waals surface area contributed by atoms with E-state index in [2.05, 4.69) is 10.3 Å². The lowest BCUT2D eigenvalue weighted by Crippen LogP contribution is -2.31. The van der Waals surface area contributed by atoms with Gasteiger partial charge in [0.05, 0.1) is 17.6 Å². The van der Waals surface area contributed by atoms with E-state index in [1.807, 2.05) is 12.1 Å². The van der Waals surface area contributed by atoms with Crippen molar-refractivity contribution in [3.05, 3.63) is 36.5 Å². The summed E-state index contributed by atoms with van der Waals surface area (Å²) < 4.78 is 0. The topological polar surface area (TPSA) is 99.5 Å². The second-order valence-electron chi connectivity index (χ2n) is 4.01. The van der Waals surface area contributed by atoms with Gasteiger partial charge in [-0.25, -0.2) is 4.79 Å². The molecule has 19 heavy (non-hydrogen) atoms. The van der Waals surface area contributed by atoms with Crippen LogP contribution in [0.2, 0.25) is 0 Å². The molecule has 3 N–H and O–H groups in total. The first-order valence-electron chi connectivity index (χ1n) is 5.63. The van der Waals surface area contributed by atoms with E-state index in [0.717, 1.165) is 5.39 Å². The van der Waals surface area contributed by atoms with Crippen molar-refractivity contribution in [3.63, 3.8) is 0 Å². The number of aliphatic carboxylic acids is 2. The summed E-state index contributed by atoms with van der Waals surface area (Å²) in [6, 6.07) is 7.71. The van der Waals surface area contributed by atoms with E-state index in [0.29, 0.717) is 11.2 Å². The maximum Gasteiger partial charge on any atom is 0.326 e. The molecular weight excluding hydrogens is 248 g/mol. The van der Waals surface area contributed by atoms with Crippen molar-refractivity contribution in [3.8, 4) is 0 Å². The van der Waals surface area contributed by atoms with Gasteiger partial charge in [-0.2, -0.15) is 0 Å². The Morgan fingerprint density at radius 1 is 1.21 bits per heavy atom. The molecule has 98 valence electrons. The van der Waals surface area contributed by atoms with Crippen LogP contribution < -0.4 is 5.32 Å². The number of nitrogens with one attached hydrogen (secondary N) is 1. The molecule has 0 amide bonds. The Hall–Kier alpha value is -2.63. The zero-order valence-corrected chi connectivity index (χ0v) is 9.91. The molecule has 6 heteroatoms. The van der Waals surface area contributed by atoms with Gasteiger partial charge in [-0.15, -0.1) is 0 Å². The molecule has 0 aliphatic carbocycles. The van der Waals surface area contributed by atoms with E-state index < -0.39 is 24.4 Å². The molecule has 0 radical (unpaired) electrons. The monoisotopic (exact) mass is 260 g/mol. The second kappa shape index (κ2) is 5.34. The molecule has 0 bridgehead atoms. The fourth-order valence-electron chi connectivity index (χ4n) is 1.78. The second-order valence-corrected chi connectivity index (χ2v) is 4.01. The van der Waals surface area contributed by atoms with Crippen LogP contribution in [-0.4, -0.2) is 33.2 Å². The summed E-state index contributed by atoms with van der Waals surface area (Å²) in [4.78, 5) is 25.8. The number of fused-ring (bicyclic) bond motifs is 1. The fourth-order valence-corrected chi connectivity index (χ4v) is 1.78. The van der Waals surface area contributed by atoms with Crippen molar-refractivity contribution in [1.82, 2.24) is 4.98 Å². The van der Waals surface area contributed by atoms with Crippen molar-refractivity contribution in [2.75, 3.05) is 5.32 Å². The summed E-state index contributed by atoms with van der Waals surface area (Å²) in [5.74, 6) is -2.39. The lowest BCUT2D eigenvalue weighted by atomic mass is 10.1. The van der Waals surface area contributed by atoms with E-state index in [1.165, 1.54) is 0 Å². The Balaban J connectivity index is 2.33. The molecule has 0 saturated carbocycles. The quantitative estimate of drug-likeness (QED) is 0.754. The van der Waals surface area contributed by atoms with E-state index >= 15 is 0 Å². The first kappa shape index (κ1) is 12.8. The van der Waals surface area contributed by atoms with Crippen molar-refractivity contribution in [1.29, 1.82) is 0 Å². The molecule has 1 atom stereocenters. The van der Waals surface area contributed by atoms with Crippen molar-refractivity contribution < 1.29 is 19.8 Å². The van der Waals surface area contributed by atoms with E-state index in [4.69, 9.17) is 10.2 Å². The van der Waals surface area contributed by atoms with Gasteiger partial charge >= 0.3 is 11.9 Å². The van der Waals surface area contributed by atoms with Crippen LogP contribution in [-0.2, 0) is 9.59 Å². The number of rotatable bonds is 5. The number of carboxylic acids is 2. The maximum atomic E-state index is 11.0. The highest BCUT2D eigenvalue weighted by Crippen LogP contribution is 2.21. The van der Waals surface area contributed by atoms with Gasteiger partial charge in [0, 0.05) is 11.6 Å². The smallest absolute Gasteiger partial charge is 0.326 e. The molecular formula is C13H12N2O4. The molecule has 0 aliphatic heterocycles. The van der Waals surface area contributed by atoms with Crippen LogP contribution in [0, 0.1) is 0 Å². The summed E-state index contributed by atoms with van der Waals surface area (Å²) in [5.41, 5.74) is 1.12. The van der Waals surface area contributed by atoms with Crippen LogP contribution in [0.5, 0.6) is 0 Å². The number of nitrogens with zero attached hydrogens (tertiary/aromatic N) is 1. The molecule has 1 heterocycles. The Labute approximate surface area is 108 Å². The number of anilines is 1. The SMILES string of the molecule is O=C(O)C[C@H](Nc1cccc2cccnc12)C(=O)O. The first-order chi connectivity index (χ1) is 9.08. The number of carbonyl (C=O) groups is 2. The zero-order valence-electron chi connectivity index (χ0n) is 9.91. The van der Waals surface area contributed by atoms with Gasteiger partial charge in [0.1, 0.15) is 6.04 Å². The number of hydrogen-bond acceptors (Lipinski definition) is 4. The highest BCUT2D eigenvalue weighted by atomic mass is 16.4. The summed E-state index contributed by atoms with van der Waals surface area (Å²) in [7, 11) is 0. The molecule has 0 saturated heterocycles. The van der Waals surface area contributed by atoms with Crippen molar-refractivity contribution in [2.24, 2.45) is 0 Å². The molecule has 1 aromatic heterocycles. The Morgan fingerprint density at radius 3 is 2.63 bits per heavy atom. The molecule has 2 aromatic rings. The number of carboxylic acid groups (broad SMARTS) is 2. The minimum Gasteiger partial charge on any atom is -0.481 e. The van der Waals surface area contributed by atoms with Gasteiger partial charge in [0.2, 0.25) is 0 Å². The van der Waals surface area contributed by atoms with Crippen molar-refractivity contribution in [2.45, 2.75) is 12.5 Å². The highest BCUT2D eigenvalue weighted by molar-refractivity contribution is 5.92. The molecule has 0 fully saturated rings. The Kier molecular flexibility index (Phi) is 3.61. The van der Waals surface area contributed by atoms with Crippen LogP contribution in [0.4, 0.5) is 5.69 Å². The molecule has 0 spiro atoms. The Bertz CT molecular complexity index is 622. The first-order valence-corrected chi connectivity index (χ1v) is 5.63. The number of hydrogen-bond donors (Lipinski definition) is 3. The van der Waals surface area contributed by atoms with Crippen LogP contribution in [0.15, 0.2) is 36.5 Å². The van der Waals surface area contributed by atoms with Gasteiger partial charge in [0.25, 0.3) is 0 Å². The van der Waals surface area contributed by atoms with E-state index in [9.17, 15) is 9.59 Å². The number of para-hydroxylation sites is 1. The number of pyridine rings is 1. The largest absolute Gasteiger partial charge is 0.481 e. The van der Waals surface area contributed by atoms with Gasteiger partial charge < -0.3 is 15.5 Å². The van der Waals surface area contributed by atoms with Crippen LogP contribution in [0.1, 0.15) is 6.42 Å². The Morgan fingerprint density at radius 2 is 1.95 bits per heavy atom. The summed E-state index contributed by atoms with van der Waals surface area (Å²) in [6.45, 7) is 0. The van der Waals surface area contributed by atoms with E-state index in [-0.39, 0.29) is 0 Å². The lowest BCUT2D eigenvalue weighted by Gasteiger charge is -2.15. The lowest BCUT2D eigenvalue weighted by molar-refractivity contribution is -0.144. The molecule has 1 aromatic carbocycles. The van der Waals surface area contributed by atoms with Crippen LogP contribution >= 0.6 is 0 Å². The number of benzene rings is 1. The van der Waals surface area contributed by atoms with Gasteiger partial charge in [-0.1, -0.05) is 18.2 Å². The van der Waals surface area contributed by atoms with Crippen molar-refractivity contribution >= 4 is 28.5 Å². The van der Waals surface area contributed by atoms with E-state index in [1.54, 1.807) is 24.4 Å². The molecule has 2 rings (SSSR count). The molecule has 0 aliphatic rings. The van der Waals surface area contributed by atoms with Crippen LogP contribution in [0.25, 0.3) is 10.9 Å². The average Bonchev–Trinajstić information content (AvgIpc) is 2.37. The third-order valence-electron chi connectivity index (χ3n) is 2.64. The fraction of sp³-hybridized carbons (Fsp3) is 0.154. The third kappa shape index (κ3) is 2.98. The van der Waals surface area contributed by atoms with Gasteiger partial charge in [-0.05, 0) is 12.1 Å². The molecule has 0 unspecified atom stereocenters. The average molecular weight is 260 g/mol. The zero-order chi connectivity index (χ0) is 13.8. The minimum absolute atomic E-state index is 0.501. The third-order valence-corrected chi connectivity index (χ3v) is 2.64. The van der Waals surface area contributed by atoms with Gasteiger partial charge in [0.15, 0.2) is 0 Å². The minimum atomic E-state index is -1.21. The normalized spacial score (nSPS) is 12.0. The highest BCUT2D eigenvalue weighted by Gasteiger charge is 2.21.